The molecule has 8 heteroatoms. The highest BCUT2D eigenvalue weighted by atomic mass is 32.2. The van der Waals surface area contributed by atoms with E-state index in [-0.39, 0.29) is 17.4 Å². The Bertz CT molecular complexity index is 908. The van der Waals surface area contributed by atoms with Crippen LogP contribution >= 0.6 is 0 Å². The van der Waals surface area contributed by atoms with Crippen LogP contribution in [0.3, 0.4) is 0 Å². The van der Waals surface area contributed by atoms with Crippen molar-refractivity contribution in [2.24, 2.45) is 11.8 Å². The number of likely N-dealkylation sites (tertiary alicyclic amines) is 1. The van der Waals surface area contributed by atoms with Crippen molar-refractivity contribution in [3.05, 3.63) is 35.9 Å². The molecular weight excluding hydrogens is 428 g/mol. The smallest absolute Gasteiger partial charge is 0.331 e. The van der Waals surface area contributed by atoms with Gasteiger partial charge in [0.05, 0.1) is 4.90 Å². The molecular formula is C24H34N2O5S. The van der Waals surface area contributed by atoms with E-state index in [2.05, 4.69) is 13.8 Å². The summed E-state index contributed by atoms with van der Waals surface area (Å²) in [6.07, 6.45) is 7.82. The van der Waals surface area contributed by atoms with Gasteiger partial charge in [-0.2, -0.15) is 4.31 Å². The molecule has 0 bridgehead atoms. The molecule has 0 N–H and O–H groups in total. The molecule has 0 radical (unpaired) electrons. The maximum atomic E-state index is 12.8. The third-order valence-corrected chi connectivity index (χ3v) is 7.97. The molecule has 1 amide bonds. The summed E-state index contributed by atoms with van der Waals surface area (Å²) in [5.41, 5.74) is 0.682. The lowest BCUT2D eigenvalue weighted by atomic mass is 9.92. The first-order valence-corrected chi connectivity index (χ1v) is 12.9. The predicted octanol–water partition coefficient (Wildman–Crippen LogP) is 3.31. The van der Waals surface area contributed by atoms with Crippen LogP contribution in [-0.2, 0) is 24.3 Å². The molecule has 2 aliphatic rings. The minimum atomic E-state index is -3.49. The summed E-state index contributed by atoms with van der Waals surface area (Å²) in [5, 5.41) is 0. The minimum absolute atomic E-state index is 0.173. The van der Waals surface area contributed by atoms with E-state index in [0.29, 0.717) is 43.6 Å². The van der Waals surface area contributed by atoms with Gasteiger partial charge in [0.1, 0.15) is 0 Å². The van der Waals surface area contributed by atoms with Crippen molar-refractivity contribution in [3.63, 3.8) is 0 Å². The minimum Gasteiger partial charge on any atom is -0.452 e. The average molecular weight is 463 g/mol. The van der Waals surface area contributed by atoms with Crippen LogP contribution < -0.4 is 0 Å². The monoisotopic (exact) mass is 462 g/mol. The van der Waals surface area contributed by atoms with Crippen LogP contribution in [-0.4, -0.2) is 62.3 Å². The van der Waals surface area contributed by atoms with E-state index in [4.69, 9.17) is 4.74 Å². The number of carbonyl (C=O) groups excluding carboxylic acids is 2. The zero-order valence-corrected chi connectivity index (χ0v) is 19.9. The number of hydrogen-bond donors (Lipinski definition) is 0. The van der Waals surface area contributed by atoms with E-state index < -0.39 is 16.0 Å². The van der Waals surface area contributed by atoms with Crippen molar-refractivity contribution in [3.8, 4) is 0 Å². The molecule has 0 spiro atoms. The molecule has 3 rings (SSSR count). The van der Waals surface area contributed by atoms with Gasteiger partial charge >= 0.3 is 5.97 Å². The fourth-order valence-corrected chi connectivity index (χ4v) is 6.00. The lowest BCUT2D eigenvalue weighted by Gasteiger charge is -2.34. The molecule has 176 valence electrons. The van der Waals surface area contributed by atoms with E-state index in [0.717, 1.165) is 32.1 Å². The summed E-state index contributed by atoms with van der Waals surface area (Å²) < 4.78 is 32.3. The maximum Gasteiger partial charge on any atom is 0.331 e. The second-order valence-electron chi connectivity index (χ2n) is 9.07. The first kappa shape index (κ1) is 24.5. The van der Waals surface area contributed by atoms with Gasteiger partial charge in [-0.05, 0) is 54.9 Å². The molecule has 1 aromatic carbocycles. The molecule has 2 atom stereocenters. The number of benzene rings is 1. The molecule has 0 saturated carbocycles. The number of hydrogen-bond acceptors (Lipinski definition) is 5. The van der Waals surface area contributed by atoms with Gasteiger partial charge in [-0.15, -0.1) is 0 Å². The first-order valence-electron chi connectivity index (χ1n) is 11.5. The fourth-order valence-electron chi connectivity index (χ4n) is 4.49. The number of carbonyl (C=O) groups is 2. The molecule has 2 heterocycles. The summed E-state index contributed by atoms with van der Waals surface area (Å²) in [4.78, 5) is 26.4. The zero-order chi connectivity index (χ0) is 23.1. The Labute approximate surface area is 191 Å². The number of amides is 1. The Morgan fingerprint density at radius 3 is 2.19 bits per heavy atom. The predicted molar refractivity (Wildman–Crippen MR) is 123 cm³/mol. The van der Waals surface area contributed by atoms with Crippen molar-refractivity contribution < 1.29 is 22.7 Å². The van der Waals surface area contributed by atoms with Crippen LogP contribution in [0.5, 0.6) is 0 Å². The van der Waals surface area contributed by atoms with Crippen molar-refractivity contribution in [1.82, 2.24) is 9.21 Å². The van der Waals surface area contributed by atoms with Crippen molar-refractivity contribution in [2.45, 2.75) is 50.8 Å². The van der Waals surface area contributed by atoms with Crippen LogP contribution in [0, 0.1) is 11.8 Å². The number of sulfonamides is 1. The van der Waals surface area contributed by atoms with Crippen LogP contribution in [0.15, 0.2) is 35.2 Å². The van der Waals surface area contributed by atoms with Gasteiger partial charge in [-0.1, -0.05) is 38.8 Å². The van der Waals surface area contributed by atoms with Gasteiger partial charge in [0.2, 0.25) is 10.0 Å². The average Bonchev–Trinajstić information content (AvgIpc) is 3.06. The van der Waals surface area contributed by atoms with Gasteiger partial charge < -0.3 is 9.64 Å². The van der Waals surface area contributed by atoms with Crippen molar-refractivity contribution in [1.29, 1.82) is 0 Å². The van der Waals surface area contributed by atoms with E-state index in [1.807, 2.05) is 0 Å². The van der Waals surface area contributed by atoms with Crippen molar-refractivity contribution >= 4 is 28.0 Å². The largest absolute Gasteiger partial charge is 0.452 e. The number of rotatable bonds is 6. The molecule has 2 aliphatic heterocycles. The van der Waals surface area contributed by atoms with Crippen LogP contribution in [0.2, 0.25) is 0 Å². The summed E-state index contributed by atoms with van der Waals surface area (Å²) in [7, 11) is -3.49. The van der Waals surface area contributed by atoms with Gasteiger partial charge in [-0.25, -0.2) is 13.2 Å². The van der Waals surface area contributed by atoms with Crippen LogP contribution in [0.1, 0.15) is 51.5 Å². The molecule has 2 fully saturated rings. The highest BCUT2D eigenvalue weighted by molar-refractivity contribution is 7.89. The summed E-state index contributed by atoms with van der Waals surface area (Å²) >= 11 is 0. The van der Waals surface area contributed by atoms with Gasteiger partial charge in [0.25, 0.3) is 5.91 Å². The summed E-state index contributed by atoms with van der Waals surface area (Å²) in [5.74, 6) is 0.125. The van der Waals surface area contributed by atoms with E-state index in [9.17, 15) is 18.0 Å². The molecule has 32 heavy (non-hydrogen) atoms. The van der Waals surface area contributed by atoms with Crippen LogP contribution in [0.25, 0.3) is 6.08 Å². The van der Waals surface area contributed by atoms with Crippen LogP contribution in [0.4, 0.5) is 0 Å². The molecule has 1 aromatic rings. The second-order valence-corrected chi connectivity index (χ2v) is 11.0. The molecule has 2 unspecified atom stereocenters. The lowest BCUT2D eigenvalue weighted by molar-refractivity contribution is -0.149. The Morgan fingerprint density at radius 2 is 1.59 bits per heavy atom. The Balaban J connectivity index is 1.51. The van der Waals surface area contributed by atoms with E-state index in [1.165, 1.54) is 6.08 Å². The second kappa shape index (κ2) is 11.1. The Morgan fingerprint density at radius 1 is 1.00 bits per heavy atom. The van der Waals surface area contributed by atoms with Gasteiger partial charge in [0, 0.05) is 32.3 Å². The molecule has 7 nitrogen and oxygen atoms in total. The Kier molecular flexibility index (Phi) is 8.48. The standard InChI is InChI=1S/C24H34N2O5S/c1-19-15-20(2)17-25(16-19)23(27)18-31-24(28)12-9-21-7-10-22(11-8-21)32(29,30)26-13-5-3-4-6-14-26/h7-12,19-20H,3-6,13-18H2,1-2H3. The zero-order valence-electron chi connectivity index (χ0n) is 19.0. The topological polar surface area (TPSA) is 84.0 Å². The van der Waals surface area contributed by atoms with Gasteiger partial charge in [-0.3, -0.25) is 4.79 Å². The summed E-state index contributed by atoms with van der Waals surface area (Å²) in [6.45, 7) is 6.49. The van der Waals surface area contributed by atoms with Gasteiger partial charge in [0.15, 0.2) is 6.61 Å². The number of esters is 1. The Hall–Kier alpha value is -2.19. The normalized spacial score (nSPS) is 23.1. The lowest BCUT2D eigenvalue weighted by Crippen LogP contribution is -2.44. The van der Waals surface area contributed by atoms with E-state index >= 15 is 0 Å². The molecule has 2 saturated heterocycles. The first-order chi connectivity index (χ1) is 15.3. The summed E-state index contributed by atoms with van der Waals surface area (Å²) in [6, 6.07) is 6.45. The number of nitrogens with zero attached hydrogens (tertiary/aromatic N) is 2. The highest BCUT2D eigenvalue weighted by Crippen LogP contribution is 2.22. The number of ether oxygens (including phenoxy) is 1. The molecule has 0 aliphatic carbocycles. The van der Waals surface area contributed by atoms with Crippen molar-refractivity contribution in [2.75, 3.05) is 32.8 Å². The SMILES string of the molecule is CC1CC(C)CN(C(=O)COC(=O)C=Cc2ccc(S(=O)(=O)N3CCCCCC3)cc2)C1. The van der Waals surface area contributed by atoms with E-state index in [1.54, 1.807) is 39.5 Å². The number of piperidine rings is 1. The molecule has 0 aromatic heterocycles. The third kappa shape index (κ3) is 6.65. The quantitative estimate of drug-likeness (QED) is 0.478. The highest BCUT2D eigenvalue weighted by Gasteiger charge is 2.26. The maximum absolute atomic E-state index is 12.8. The fraction of sp³-hybridized carbons (Fsp3) is 0.583. The third-order valence-electron chi connectivity index (χ3n) is 6.05.